The van der Waals surface area contributed by atoms with Crippen molar-refractivity contribution in [3.05, 3.63) is 28.2 Å². The zero-order valence-corrected chi connectivity index (χ0v) is 12.8. The van der Waals surface area contributed by atoms with Crippen LogP contribution in [0, 0.1) is 5.41 Å². The molecule has 1 unspecified atom stereocenters. The molecule has 1 aromatic carbocycles. The van der Waals surface area contributed by atoms with Crippen LogP contribution in [0.1, 0.15) is 30.1 Å². The Morgan fingerprint density at radius 1 is 1.50 bits per heavy atom. The van der Waals surface area contributed by atoms with Gasteiger partial charge in [-0.15, -0.1) is 0 Å². The van der Waals surface area contributed by atoms with Gasteiger partial charge in [0.05, 0.1) is 11.0 Å². The Balaban J connectivity index is 2.19. The molecular formula is C14H17BrN2O3. The average Bonchev–Trinajstić information content (AvgIpc) is 2.90. The maximum absolute atomic E-state index is 12.4. The molecule has 1 aromatic rings. The van der Waals surface area contributed by atoms with Gasteiger partial charge in [-0.25, -0.2) is 4.79 Å². The molecule has 1 amide bonds. The Morgan fingerprint density at radius 2 is 2.25 bits per heavy atom. The molecule has 20 heavy (non-hydrogen) atoms. The van der Waals surface area contributed by atoms with E-state index in [0.717, 1.165) is 19.4 Å². The highest BCUT2D eigenvalue weighted by Gasteiger charge is 2.39. The highest BCUT2D eigenvalue weighted by atomic mass is 79.9. The summed E-state index contributed by atoms with van der Waals surface area (Å²) in [4.78, 5) is 23.5. The van der Waals surface area contributed by atoms with E-state index in [4.69, 9.17) is 5.11 Å². The summed E-state index contributed by atoms with van der Waals surface area (Å²) in [6.07, 6.45) is 1.56. The van der Waals surface area contributed by atoms with Gasteiger partial charge in [-0.3, -0.25) is 4.79 Å². The van der Waals surface area contributed by atoms with Gasteiger partial charge in [0, 0.05) is 16.7 Å². The van der Waals surface area contributed by atoms with Gasteiger partial charge in [-0.2, -0.15) is 0 Å². The SMILES string of the molecule is CCC1(C(=O)Nc2ccc(Br)c(C(=O)O)c2)CCNC1. The molecule has 108 valence electrons. The Kier molecular flexibility index (Phi) is 4.45. The summed E-state index contributed by atoms with van der Waals surface area (Å²) in [5, 5.41) is 15.1. The third-order valence-corrected chi connectivity index (χ3v) is 4.55. The summed E-state index contributed by atoms with van der Waals surface area (Å²) < 4.78 is 0.496. The van der Waals surface area contributed by atoms with E-state index >= 15 is 0 Å². The van der Waals surface area contributed by atoms with E-state index in [0.29, 0.717) is 16.7 Å². The summed E-state index contributed by atoms with van der Waals surface area (Å²) >= 11 is 3.18. The van der Waals surface area contributed by atoms with Crippen LogP contribution in [-0.2, 0) is 4.79 Å². The minimum atomic E-state index is -1.03. The van der Waals surface area contributed by atoms with Crippen LogP contribution in [-0.4, -0.2) is 30.1 Å². The van der Waals surface area contributed by atoms with Gasteiger partial charge in [0.25, 0.3) is 0 Å². The second-order valence-corrected chi connectivity index (χ2v) is 5.87. The number of carbonyl (C=O) groups is 2. The lowest BCUT2D eigenvalue weighted by Gasteiger charge is -2.25. The van der Waals surface area contributed by atoms with Gasteiger partial charge in [-0.1, -0.05) is 6.92 Å². The lowest BCUT2D eigenvalue weighted by atomic mass is 9.83. The third kappa shape index (κ3) is 2.86. The van der Waals surface area contributed by atoms with E-state index in [9.17, 15) is 9.59 Å². The number of carboxylic acid groups (broad SMARTS) is 1. The molecule has 0 saturated carbocycles. The zero-order chi connectivity index (χ0) is 14.8. The Hall–Kier alpha value is -1.40. The van der Waals surface area contributed by atoms with Crippen LogP contribution in [0.15, 0.2) is 22.7 Å². The number of halogens is 1. The number of anilines is 1. The Bertz CT molecular complexity index is 539. The highest BCUT2D eigenvalue weighted by molar-refractivity contribution is 9.10. The zero-order valence-electron chi connectivity index (χ0n) is 11.2. The van der Waals surface area contributed by atoms with Gasteiger partial charge >= 0.3 is 5.97 Å². The van der Waals surface area contributed by atoms with E-state index in [2.05, 4.69) is 26.6 Å². The second-order valence-electron chi connectivity index (χ2n) is 5.01. The van der Waals surface area contributed by atoms with Gasteiger partial charge in [0.2, 0.25) is 5.91 Å². The van der Waals surface area contributed by atoms with Crippen molar-refractivity contribution >= 4 is 33.5 Å². The fraction of sp³-hybridized carbons (Fsp3) is 0.429. The highest BCUT2D eigenvalue weighted by Crippen LogP contribution is 2.31. The molecule has 6 heteroatoms. The van der Waals surface area contributed by atoms with Crippen LogP contribution in [0.4, 0.5) is 5.69 Å². The van der Waals surface area contributed by atoms with Crippen molar-refractivity contribution in [3.63, 3.8) is 0 Å². The molecule has 0 bridgehead atoms. The summed E-state index contributed by atoms with van der Waals surface area (Å²) in [6.45, 7) is 3.50. The standard InChI is InChI=1S/C14H17BrN2O3/c1-2-14(5-6-16-8-14)13(20)17-9-3-4-11(15)10(7-9)12(18)19/h3-4,7,16H,2,5-6,8H2,1H3,(H,17,20)(H,18,19). The minimum Gasteiger partial charge on any atom is -0.478 e. The van der Waals surface area contributed by atoms with E-state index in [1.54, 1.807) is 12.1 Å². The van der Waals surface area contributed by atoms with Crippen molar-refractivity contribution in [1.82, 2.24) is 5.32 Å². The van der Waals surface area contributed by atoms with Crippen LogP contribution >= 0.6 is 15.9 Å². The Labute approximate surface area is 125 Å². The summed E-state index contributed by atoms with van der Waals surface area (Å²) in [7, 11) is 0. The summed E-state index contributed by atoms with van der Waals surface area (Å²) in [5.41, 5.74) is 0.254. The fourth-order valence-electron chi connectivity index (χ4n) is 2.43. The van der Waals surface area contributed by atoms with Crippen molar-refractivity contribution in [2.45, 2.75) is 19.8 Å². The van der Waals surface area contributed by atoms with Crippen LogP contribution in [0.2, 0.25) is 0 Å². The summed E-state index contributed by atoms with van der Waals surface area (Å²) in [6, 6.07) is 4.79. The first-order valence-corrected chi connectivity index (χ1v) is 7.33. The molecule has 2 rings (SSSR count). The van der Waals surface area contributed by atoms with Crippen molar-refractivity contribution < 1.29 is 14.7 Å². The number of nitrogens with one attached hydrogen (secondary N) is 2. The van der Waals surface area contributed by atoms with E-state index in [-0.39, 0.29) is 11.5 Å². The maximum atomic E-state index is 12.4. The molecule has 1 fully saturated rings. The van der Waals surface area contributed by atoms with Gasteiger partial charge in [0.1, 0.15) is 0 Å². The van der Waals surface area contributed by atoms with Crippen LogP contribution in [0.3, 0.4) is 0 Å². The normalized spacial score (nSPS) is 21.7. The molecule has 3 N–H and O–H groups in total. The lowest BCUT2D eigenvalue weighted by molar-refractivity contribution is -0.124. The van der Waals surface area contributed by atoms with Gasteiger partial charge < -0.3 is 15.7 Å². The van der Waals surface area contributed by atoms with Crippen molar-refractivity contribution in [3.8, 4) is 0 Å². The Morgan fingerprint density at radius 3 is 2.80 bits per heavy atom. The lowest BCUT2D eigenvalue weighted by Crippen LogP contribution is -2.37. The average molecular weight is 341 g/mol. The van der Waals surface area contributed by atoms with Crippen LogP contribution < -0.4 is 10.6 Å². The van der Waals surface area contributed by atoms with Gasteiger partial charge in [-0.05, 0) is 53.5 Å². The van der Waals surface area contributed by atoms with Crippen molar-refractivity contribution in [2.24, 2.45) is 5.41 Å². The summed E-state index contributed by atoms with van der Waals surface area (Å²) in [5.74, 6) is -1.08. The topological polar surface area (TPSA) is 78.4 Å². The number of hydrogen-bond donors (Lipinski definition) is 3. The maximum Gasteiger partial charge on any atom is 0.336 e. The number of rotatable bonds is 4. The predicted octanol–water partition coefficient (Wildman–Crippen LogP) is 2.48. The van der Waals surface area contributed by atoms with Crippen LogP contribution in [0.25, 0.3) is 0 Å². The molecular weight excluding hydrogens is 324 g/mol. The van der Waals surface area contributed by atoms with Gasteiger partial charge in [0.15, 0.2) is 0 Å². The van der Waals surface area contributed by atoms with Crippen molar-refractivity contribution in [2.75, 3.05) is 18.4 Å². The predicted molar refractivity (Wildman–Crippen MR) is 79.9 cm³/mol. The molecule has 5 nitrogen and oxygen atoms in total. The second kappa shape index (κ2) is 5.93. The molecule has 1 aliphatic rings. The largest absolute Gasteiger partial charge is 0.478 e. The molecule has 0 aliphatic carbocycles. The first-order chi connectivity index (χ1) is 9.48. The number of aromatic carboxylic acids is 1. The third-order valence-electron chi connectivity index (χ3n) is 3.86. The number of carbonyl (C=O) groups excluding carboxylic acids is 1. The molecule has 0 aromatic heterocycles. The number of hydrogen-bond acceptors (Lipinski definition) is 3. The molecule has 1 saturated heterocycles. The quantitative estimate of drug-likeness (QED) is 0.786. The van der Waals surface area contributed by atoms with Crippen LogP contribution in [0.5, 0.6) is 0 Å². The van der Waals surface area contributed by atoms with E-state index in [1.165, 1.54) is 6.07 Å². The monoisotopic (exact) mass is 340 g/mol. The molecule has 0 spiro atoms. The number of carboxylic acids is 1. The molecule has 0 radical (unpaired) electrons. The van der Waals surface area contributed by atoms with E-state index in [1.807, 2.05) is 6.92 Å². The molecule has 1 atom stereocenters. The smallest absolute Gasteiger partial charge is 0.336 e. The molecule has 1 aliphatic heterocycles. The molecule has 1 heterocycles. The van der Waals surface area contributed by atoms with E-state index < -0.39 is 11.4 Å². The first kappa shape index (κ1) is 15.0. The first-order valence-electron chi connectivity index (χ1n) is 6.53. The fourth-order valence-corrected chi connectivity index (χ4v) is 2.85. The number of benzene rings is 1. The minimum absolute atomic E-state index is 0.0522. The number of amides is 1. The van der Waals surface area contributed by atoms with Crippen molar-refractivity contribution in [1.29, 1.82) is 0 Å².